The third-order valence-corrected chi connectivity index (χ3v) is 9.71. The first kappa shape index (κ1) is 35.9. The standard InChI is InChI=1S/C42H58N4O/c1-11-45(12-2)37-23-25-39(31(5)27-37)41(33-15-19-35(20-16-33)43(7)8)29-47-30-42(34-17-21-36(22-18-34)44(9)10)40-26-24-38(28-32(40)6)46(13-3)14-4/h15-28,41-42H,11-14,29-30H2,1-10H3. The molecule has 0 fully saturated rings. The van der Waals surface area contributed by atoms with E-state index in [9.17, 15) is 0 Å². The van der Waals surface area contributed by atoms with Crippen molar-refractivity contribution in [1.82, 2.24) is 0 Å². The number of rotatable bonds is 16. The van der Waals surface area contributed by atoms with Crippen molar-refractivity contribution >= 4 is 22.7 Å². The molecule has 252 valence electrons. The minimum Gasteiger partial charge on any atom is -0.379 e. The van der Waals surface area contributed by atoms with Gasteiger partial charge in [0.1, 0.15) is 0 Å². The lowest BCUT2D eigenvalue weighted by Crippen LogP contribution is -2.22. The fourth-order valence-corrected chi connectivity index (χ4v) is 6.72. The molecule has 0 radical (unpaired) electrons. The summed E-state index contributed by atoms with van der Waals surface area (Å²) in [6, 6.07) is 31.9. The molecule has 0 saturated carbocycles. The van der Waals surface area contributed by atoms with Crippen molar-refractivity contribution in [1.29, 1.82) is 0 Å². The van der Waals surface area contributed by atoms with Gasteiger partial charge in [-0.05, 0) is 123 Å². The molecule has 0 aromatic heterocycles. The fourth-order valence-electron chi connectivity index (χ4n) is 6.72. The number of anilines is 4. The van der Waals surface area contributed by atoms with Gasteiger partial charge in [0, 0.05) is 89.0 Å². The lowest BCUT2D eigenvalue weighted by atomic mass is 9.87. The molecule has 0 spiro atoms. The Labute approximate surface area is 285 Å². The van der Waals surface area contributed by atoms with Crippen LogP contribution in [0.4, 0.5) is 22.7 Å². The van der Waals surface area contributed by atoms with Crippen molar-refractivity contribution in [3.63, 3.8) is 0 Å². The molecule has 4 rings (SSSR count). The Morgan fingerprint density at radius 1 is 0.468 bits per heavy atom. The van der Waals surface area contributed by atoms with Gasteiger partial charge < -0.3 is 24.3 Å². The molecular weight excluding hydrogens is 576 g/mol. The summed E-state index contributed by atoms with van der Waals surface area (Å²) in [5.74, 6) is 0.250. The van der Waals surface area contributed by atoms with Crippen molar-refractivity contribution in [2.24, 2.45) is 0 Å². The zero-order chi connectivity index (χ0) is 34.1. The Bertz CT molecular complexity index is 1420. The lowest BCUT2D eigenvalue weighted by Gasteiger charge is -2.27. The van der Waals surface area contributed by atoms with Crippen molar-refractivity contribution in [2.75, 3.05) is 87.2 Å². The first-order valence-electron chi connectivity index (χ1n) is 17.4. The average Bonchev–Trinajstić information content (AvgIpc) is 3.07. The van der Waals surface area contributed by atoms with Crippen molar-refractivity contribution < 1.29 is 4.74 Å². The molecule has 0 aliphatic heterocycles. The van der Waals surface area contributed by atoms with Crippen LogP contribution in [-0.4, -0.2) is 67.6 Å². The maximum Gasteiger partial charge on any atom is 0.0576 e. The highest BCUT2D eigenvalue weighted by atomic mass is 16.5. The van der Waals surface area contributed by atoms with Gasteiger partial charge in [0.05, 0.1) is 13.2 Å². The summed E-state index contributed by atoms with van der Waals surface area (Å²) >= 11 is 0. The molecule has 0 bridgehead atoms. The highest BCUT2D eigenvalue weighted by Gasteiger charge is 2.22. The summed E-state index contributed by atoms with van der Waals surface area (Å²) in [6.07, 6.45) is 0. The zero-order valence-electron chi connectivity index (χ0n) is 30.7. The first-order chi connectivity index (χ1) is 22.6. The second kappa shape index (κ2) is 16.7. The summed E-state index contributed by atoms with van der Waals surface area (Å²) in [5, 5.41) is 0. The van der Waals surface area contributed by atoms with Crippen LogP contribution >= 0.6 is 0 Å². The number of hydrogen-bond donors (Lipinski definition) is 0. The topological polar surface area (TPSA) is 22.2 Å². The highest BCUT2D eigenvalue weighted by Crippen LogP contribution is 2.34. The summed E-state index contributed by atoms with van der Waals surface area (Å²) in [6.45, 7) is 18.6. The van der Waals surface area contributed by atoms with E-state index in [1.165, 1.54) is 56.1 Å². The van der Waals surface area contributed by atoms with E-state index < -0.39 is 0 Å². The molecule has 5 nitrogen and oxygen atoms in total. The van der Waals surface area contributed by atoms with Crippen LogP contribution in [0.3, 0.4) is 0 Å². The Morgan fingerprint density at radius 2 is 0.787 bits per heavy atom. The monoisotopic (exact) mass is 634 g/mol. The average molecular weight is 635 g/mol. The van der Waals surface area contributed by atoms with Gasteiger partial charge in [0.25, 0.3) is 0 Å². The second-order valence-corrected chi connectivity index (χ2v) is 13.0. The fraction of sp³-hybridized carbons (Fsp3) is 0.429. The maximum atomic E-state index is 6.84. The smallest absolute Gasteiger partial charge is 0.0576 e. The molecular formula is C42H58N4O. The third-order valence-electron chi connectivity index (χ3n) is 9.71. The van der Waals surface area contributed by atoms with Gasteiger partial charge in [0.2, 0.25) is 0 Å². The Balaban J connectivity index is 1.68. The minimum absolute atomic E-state index is 0.125. The Hall–Kier alpha value is -3.96. The summed E-state index contributed by atoms with van der Waals surface area (Å²) in [4.78, 5) is 9.13. The Morgan fingerprint density at radius 3 is 1.06 bits per heavy atom. The van der Waals surface area contributed by atoms with E-state index in [1.54, 1.807) is 0 Å². The van der Waals surface area contributed by atoms with Gasteiger partial charge in [0.15, 0.2) is 0 Å². The third kappa shape index (κ3) is 8.70. The molecule has 0 saturated heterocycles. The summed E-state index contributed by atoms with van der Waals surface area (Å²) in [7, 11) is 8.36. The normalized spacial score (nSPS) is 12.5. The predicted molar refractivity (Wildman–Crippen MR) is 206 cm³/mol. The van der Waals surface area contributed by atoms with Crippen LogP contribution in [0, 0.1) is 13.8 Å². The lowest BCUT2D eigenvalue weighted by molar-refractivity contribution is 0.120. The largest absolute Gasteiger partial charge is 0.379 e. The van der Waals surface area contributed by atoms with Crippen LogP contribution in [-0.2, 0) is 4.74 Å². The number of nitrogens with zero attached hydrogens (tertiary/aromatic N) is 4. The molecule has 4 aromatic carbocycles. The zero-order valence-corrected chi connectivity index (χ0v) is 30.7. The molecule has 0 heterocycles. The molecule has 47 heavy (non-hydrogen) atoms. The van der Waals surface area contributed by atoms with Crippen molar-refractivity contribution in [2.45, 2.75) is 53.4 Å². The van der Waals surface area contributed by atoms with E-state index in [1.807, 2.05) is 0 Å². The molecule has 2 unspecified atom stereocenters. The highest BCUT2D eigenvalue weighted by molar-refractivity contribution is 5.55. The number of aryl methyl sites for hydroxylation is 2. The van der Waals surface area contributed by atoms with Gasteiger partial charge in [-0.2, -0.15) is 0 Å². The second-order valence-electron chi connectivity index (χ2n) is 13.0. The van der Waals surface area contributed by atoms with E-state index in [0.717, 1.165) is 26.2 Å². The molecule has 5 heteroatoms. The van der Waals surface area contributed by atoms with Crippen molar-refractivity contribution in [3.05, 3.63) is 118 Å². The molecule has 0 amide bonds. The van der Waals surface area contributed by atoms with Gasteiger partial charge in [-0.25, -0.2) is 0 Å². The van der Waals surface area contributed by atoms with Crippen LogP contribution in [0.5, 0.6) is 0 Å². The van der Waals surface area contributed by atoms with Crippen LogP contribution in [0.2, 0.25) is 0 Å². The number of benzene rings is 4. The SMILES string of the molecule is CCN(CC)c1ccc(C(COCC(c2ccc(N(C)C)cc2)c2ccc(N(CC)CC)cc2C)c2ccc(N(C)C)cc2)c(C)c1. The summed E-state index contributed by atoms with van der Waals surface area (Å²) < 4.78 is 6.84. The Kier molecular flexibility index (Phi) is 12.8. The van der Waals surface area contributed by atoms with Crippen LogP contribution in [0.15, 0.2) is 84.9 Å². The predicted octanol–water partition coefficient (Wildman–Crippen LogP) is 9.11. The molecule has 4 aromatic rings. The van der Waals surface area contributed by atoms with Crippen LogP contribution in [0.25, 0.3) is 0 Å². The molecule has 0 aliphatic rings. The van der Waals surface area contributed by atoms with Crippen molar-refractivity contribution in [3.8, 4) is 0 Å². The van der Waals surface area contributed by atoms with Gasteiger partial charge in [-0.1, -0.05) is 36.4 Å². The minimum atomic E-state index is 0.125. The van der Waals surface area contributed by atoms with E-state index in [0.29, 0.717) is 13.2 Å². The number of ether oxygens (including phenoxy) is 1. The van der Waals surface area contributed by atoms with E-state index >= 15 is 0 Å². The van der Waals surface area contributed by atoms with Gasteiger partial charge in [-0.3, -0.25) is 0 Å². The van der Waals surface area contributed by atoms with Crippen LogP contribution in [0.1, 0.15) is 72.9 Å². The molecule has 0 aliphatic carbocycles. The van der Waals surface area contributed by atoms with E-state index in [2.05, 4.69) is 174 Å². The van der Waals surface area contributed by atoms with Gasteiger partial charge >= 0.3 is 0 Å². The van der Waals surface area contributed by atoms with Crippen LogP contribution < -0.4 is 19.6 Å². The molecule has 2 atom stereocenters. The van der Waals surface area contributed by atoms with E-state index in [4.69, 9.17) is 4.74 Å². The first-order valence-corrected chi connectivity index (χ1v) is 17.4. The maximum absolute atomic E-state index is 6.84. The quantitative estimate of drug-likeness (QED) is 0.122. The van der Waals surface area contributed by atoms with E-state index in [-0.39, 0.29) is 11.8 Å². The number of hydrogen-bond acceptors (Lipinski definition) is 5. The van der Waals surface area contributed by atoms with Gasteiger partial charge in [-0.15, -0.1) is 0 Å². The summed E-state index contributed by atoms with van der Waals surface area (Å²) in [5.41, 5.74) is 12.8. The molecule has 0 N–H and O–H groups in total.